The van der Waals surface area contributed by atoms with E-state index in [0.29, 0.717) is 24.3 Å². The molecule has 2 aromatic rings. The van der Waals surface area contributed by atoms with Crippen molar-refractivity contribution in [3.63, 3.8) is 0 Å². The van der Waals surface area contributed by atoms with Gasteiger partial charge in [0.05, 0.1) is 0 Å². The average Bonchev–Trinajstić information content (AvgIpc) is 2.85. The van der Waals surface area contributed by atoms with Crippen molar-refractivity contribution in [1.29, 1.82) is 0 Å². The summed E-state index contributed by atoms with van der Waals surface area (Å²) < 4.78 is 0. The first-order chi connectivity index (χ1) is 17.5. The van der Waals surface area contributed by atoms with Crippen molar-refractivity contribution in [3.8, 4) is 0 Å². The number of amides is 2. The van der Waals surface area contributed by atoms with E-state index in [9.17, 15) is 19.2 Å². The van der Waals surface area contributed by atoms with Crippen LogP contribution in [0.1, 0.15) is 40.9 Å². The molecule has 0 aliphatic rings. The molecule has 0 atom stereocenters. The molecule has 0 aromatic heterocycles. The quantitative estimate of drug-likeness (QED) is 0.392. The maximum atomic E-state index is 13.0. The van der Waals surface area contributed by atoms with Gasteiger partial charge in [0.2, 0.25) is 5.91 Å². The Bertz CT molecular complexity index is 1060. The van der Waals surface area contributed by atoms with Crippen molar-refractivity contribution in [2.75, 3.05) is 38.0 Å². The van der Waals surface area contributed by atoms with Gasteiger partial charge in [-0.05, 0) is 57.1 Å². The summed E-state index contributed by atoms with van der Waals surface area (Å²) in [7, 11) is 0. The number of carboxylic acid groups (broad SMARTS) is 2. The number of nitrogens with zero attached hydrogens (tertiary/aromatic N) is 2. The van der Waals surface area contributed by atoms with Crippen molar-refractivity contribution in [2.24, 2.45) is 0 Å². The minimum Gasteiger partial charge on any atom is -0.478 e. The lowest BCUT2D eigenvalue weighted by atomic mass is 10.1. The Morgan fingerprint density at radius 3 is 1.81 bits per heavy atom. The molecule has 0 saturated carbocycles. The van der Waals surface area contributed by atoms with Gasteiger partial charge in [-0.2, -0.15) is 0 Å². The van der Waals surface area contributed by atoms with E-state index in [-0.39, 0.29) is 18.4 Å². The number of aliphatic carboxylic acids is 2. The van der Waals surface area contributed by atoms with Gasteiger partial charge in [0, 0.05) is 36.5 Å². The Kier molecular flexibility index (Phi) is 13.3. The summed E-state index contributed by atoms with van der Waals surface area (Å²) in [5, 5.41) is 18.6. The standard InChI is InChI=1S/C24H33N3O2.C4H4O4/c1-6-26(7-2)13-14-27(24(29)21-11-9-8-10-12-21)17-22(28)25-23-19(4)15-18(3)16-20(23)5;5-3(6)1-2-4(7)8/h8-12,15-16H,6-7,13-14,17H2,1-5H3,(H,25,28);1-2H,(H,5,6)(H,7,8)/b;2-1+. The first-order valence-electron chi connectivity index (χ1n) is 12.1. The SMILES string of the molecule is CCN(CC)CCN(CC(=O)Nc1c(C)cc(C)cc1C)C(=O)c1ccccc1.O=C(O)/C=C/C(=O)O. The lowest BCUT2D eigenvalue weighted by Crippen LogP contribution is -2.42. The highest BCUT2D eigenvalue weighted by Gasteiger charge is 2.20. The average molecular weight is 512 g/mol. The summed E-state index contributed by atoms with van der Waals surface area (Å²) in [4.78, 5) is 48.8. The zero-order valence-corrected chi connectivity index (χ0v) is 22.2. The predicted octanol–water partition coefficient (Wildman–Crippen LogP) is 3.75. The van der Waals surface area contributed by atoms with Crippen LogP contribution in [0, 0.1) is 20.8 Å². The number of hydrogen-bond acceptors (Lipinski definition) is 5. The van der Waals surface area contributed by atoms with Crippen molar-refractivity contribution in [3.05, 3.63) is 76.9 Å². The maximum Gasteiger partial charge on any atom is 0.328 e. The normalized spacial score (nSPS) is 10.5. The number of carbonyl (C=O) groups excluding carboxylic acids is 2. The number of hydrogen-bond donors (Lipinski definition) is 3. The highest BCUT2D eigenvalue weighted by molar-refractivity contribution is 6.00. The molecular formula is C28H37N3O6. The molecular weight excluding hydrogens is 474 g/mol. The van der Waals surface area contributed by atoms with Gasteiger partial charge in [-0.3, -0.25) is 9.59 Å². The smallest absolute Gasteiger partial charge is 0.328 e. The number of aryl methyl sites for hydroxylation is 3. The van der Waals surface area contributed by atoms with Crippen molar-refractivity contribution in [1.82, 2.24) is 9.80 Å². The van der Waals surface area contributed by atoms with Crippen LogP contribution >= 0.6 is 0 Å². The molecule has 0 bridgehead atoms. The molecule has 0 aliphatic carbocycles. The highest BCUT2D eigenvalue weighted by Crippen LogP contribution is 2.22. The van der Waals surface area contributed by atoms with Crippen LogP contribution in [0.15, 0.2) is 54.6 Å². The van der Waals surface area contributed by atoms with E-state index in [0.717, 1.165) is 42.0 Å². The van der Waals surface area contributed by atoms with Crippen LogP contribution in [0.5, 0.6) is 0 Å². The van der Waals surface area contributed by atoms with E-state index >= 15 is 0 Å². The molecule has 0 fully saturated rings. The van der Waals surface area contributed by atoms with Gasteiger partial charge in [0.25, 0.3) is 5.91 Å². The summed E-state index contributed by atoms with van der Waals surface area (Å²) >= 11 is 0. The largest absolute Gasteiger partial charge is 0.478 e. The van der Waals surface area contributed by atoms with E-state index in [1.807, 2.05) is 39.0 Å². The van der Waals surface area contributed by atoms with E-state index in [1.165, 1.54) is 0 Å². The van der Waals surface area contributed by atoms with Gasteiger partial charge in [-0.1, -0.05) is 49.7 Å². The number of carboxylic acids is 2. The van der Waals surface area contributed by atoms with Crippen LogP contribution in [0.3, 0.4) is 0 Å². The number of carbonyl (C=O) groups is 4. The Hall–Kier alpha value is -3.98. The van der Waals surface area contributed by atoms with Gasteiger partial charge in [-0.15, -0.1) is 0 Å². The highest BCUT2D eigenvalue weighted by atomic mass is 16.4. The molecule has 0 aliphatic heterocycles. The third kappa shape index (κ3) is 11.5. The van der Waals surface area contributed by atoms with Crippen LogP contribution < -0.4 is 5.32 Å². The number of benzene rings is 2. The Labute approximate surface area is 218 Å². The van der Waals surface area contributed by atoms with E-state index in [4.69, 9.17) is 10.2 Å². The van der Waals surface area contributed by atoms with Crippen LogP contribution in [0.2, 0.25) is 0 Å². The molecule has 0 unspecified atom stereocenters. The molecule has 2 rings (SSSR count). The van der Waals surface area contributed by atoms with E-state index in [2.05, 4.69) is 36.2 Å². The summed E-state index contributed by atoms with van der Waals surface area (Å²) in [6, 6.07) is 13.3. The van der Waals surface area contributed by atoms with Crippen LogP contribution in [0.4, 0.5) is 5.69 Å². The Balaban J connectivity index is 0.000000738. The maximum absolute atomic E-state index is 13.0. The summed E-state index contributed by atoms with van der Waals surface area (Å²) in [5.41, 5.74) is 4.65. The van der Waals surface area contributed by atoms with Crippen LogP contribution in [0.25, 0.3) is 0 Å². The molecule has 3 N–H and O–H groups in total. The minimum absolute atomic E-state index is 0.0295. The second-order valence-corrected chi connectivity index (χ2v) is 8.45. The van der Waals surface area contributed by atoms with Crippen LogP contribution in [-0.2, 0) is 14.4 Å². The molecule has 2 amide bonds. The van der Waals surface area contributed by atoms with E-state index < -0.39 is 11.9 Å². The Morgan fingerprint density at radius 2 is 1.35 bits per heavy atom. The molecule has 37 heavy (non-hydrogen) atoms. The second-order valence-electron chi connectivity index (χ2n) is 8.45. The number of likely N-dealkylation sites (N-methyl/N-ethyl adjacent to an activating group) is 1. The molecule has 0 spiro atoms. The zero-order valence-electron chi connectivity index (χ0n) is 22.2. The van der Waals surface area contributed by atoms with Gasteiger partial charge >= 0.3 is 11.9 Å². The van der Waals surface area contributed by atoms with Gasteiger partial charge in [0.15, 0.2) is 0 Å². The Morgan fingerprint density at radius 1 is 0.838 bits per heavy atom. The fourth-order valence-electron chi connectivity index (χ4n) is 3.69. The van der Waals surface area contributed by atoms with Crippen LogP contribution in [-0.4, -0.2) is 76.5 Å². The molecule has 0 radical (unpaired) electrons. The third-order valence-electron chi connectivity index (χ3n) is 5.53. The van der Waals surface area contributed by atoms with Crippen molar-refractivity contribution < 1.29 is 29.4 Å². The molecule has 9 heteroatoms. The first-order valence-corrected chi connectivity index (χ1v) is 12.1. The lowest BCUT2D eigenvalue weighted by Gasteiger charge is -2.26. The summed E-state index contributed by atoms with van der Waals surface area (Å²) in [6.45, 7) is 13.3. The molecule has 9 nitrogen and oxygen atoms in total. The van der Waals surface area contributed by atoms with Gasteiger partial charge in [0.1, 0.15) is 6.54 Å². The monoisotopic (exact) mass is 511 g/mol. The number of nitrogens with one attached hydrogen (secondary N) is 1. The predicted molar refractivity (Wildman–Crippen MR) is 144 cm³/mol. The fraction of sp³-hybridized carbons (Fsp3) is 0.357. The lowest BCUT2D eigenvalue weighted by molar-refractivity contribution is -0.134. The second kappa shape index (κ2) is 15.9. The first kappa shape index (κ1) is 31.1. The fourth-order valence-corrected chi connectivity index (χ4v) is 3.69. The summed E-state index contributed by atoms with van der Waals surface area (Å²) in [5.74, 6) is -2.81. The summed E-state index contributed by atoms with van der Waals surface area (Å²) in [6.07, 6.45) is 1.12. The van der Waals surface area contributed by atoms with Gasteiger partial charge < -0.3 is 25.3 Å². The molecule has 200 valence electrons. The van der Waals surface area contributed by atoms with Crippen molar-refractivity contribution in [2.45, 2.75) is 34.6 Å². The molecule has 2 aromatic carbocycles. The van der Waals surface area contributed by atoms with Crippen molar-refractivity contribution >= 4 is 29.4 Å². The van der Waals surface area contributed by atoms with Gasteiger partial charge in [-0.25, -0.2) is 9.59 Å². The molecule has 0 saturated heterocycles. The number of rotatable bonds is 11. The topological polar surface area (TPSA) is 127 Å². The minimum atomic E-state index is -1.26. The van der Waals surface area contributed by atoms with E-state index in [1.54, 1.807) is 17.0 Å². The molecule has 0 heterocycles. The zero-order chi connectivity index (χ0) is 28.0. The number of anilines is 1. The third-order valence-corrected chi connectivity index (χ3v) is 5.53.